The van der Waals surface area contributed by atoms with Crippen LogP contribution in [0.5, 0.6) is 0 Å². The number of hydrogen-bond donors (Lipinski definition) is 0. The van der Waals surface area contributed by atoms with E-state index < -0.39 is 7.82 Å². The maximum Gasteiger partial charge on any atom is 2.00 e. The average Bonchev–Trinajstić information content (AvgIpc) is 1.59. The van der Waals surface area contributed by atoms with Crippen molar-refractivity contribution in [2.45, 2.75) is 13.8 Å². The molecular weight excluding hydrogens is 194 g/mol. The van der Waals surface area contributed by atoms with Gasteiger partial charge in [0.15, 0.2) is 0 Å². The van der Waals surface area contributed by atoms with Gasteiger partial charge in [-0.1, -0.05) is 13.8 Å². The van der Waals surface area contributed by atoms with Crippen molar-refractivity contribution in [1.29, 1.82) is 0 Å². The van der Waals surface area contributed by atoms with Crippen LogP contribution in [0.25, 0.3) is 0 Å². The Bertz CT molecular complexity index is 120. The van der Waals surface area contributed by atoms with Crippen LogP contribution in [0.4, 0.5) is 0 Å². The molecule has 59 valence electrons. The summed E-state index contributed by atoms with van der Waals surface area (Å²) in [5.74, 6) is 0.0706. The number of hydrogen-bond acceptors (Lipinski definition) is 4. The molecule has 0 N–H and O–H groups in total. The smallest absolute Gasteiger partial charge is 0.790 e. The van der Waals surface area contributed by atoms with Crippen molar-refractivity contribution in [3.63, 3.8) is 0 Å². The minimum Gasteiger partial charge on any atom is -0.790 e. The van der Waals surface area contributed by atoms with E-state index in [-0.39, 0.29) is 31.1 Å². The van der Waals surface area contributed by atoms with Crippen molar-refractivity contribution in [3.05, 3.63) is 0 Å². The molecule has 0 fully saturated rings. The molecule has 0 rings (SSSR count). The summed E-state index contributed by atoms with van der Waals surface area (Å²) in [4.78, 5) is 19.6. The third-order valence-corrected chi connectivity index (χ3v) is 1.03. The minimum atomic E-state index is -4.72. The third kappa shape index (κ3) is 11.5. The fourth-order valence-electron chi connectivity index (χ4n) is 0.240. The molecule has 1 radical (unpaired) electrons. The summed E-state index contributed by atoms with van der Waals surface area (Å²) in [6.07, 6.45) is 0. The van der Waals surface area contributed by atoms with E-state index in [1.54, 1.807) is 13.8 Å². The molecule has 0 aliphatic rings. The van der Waals surface area contributed by atoms with E-state index in [9.17, 15) is 14.4 Å². The molecule has 0 amide bonds. The molecule has 0 bridgehead atoms. The van der Waals surface area contributed by atoms with Gasteiger partial charge >= 0.3 is 18.6 Å². The largest absolute Gasteiger partial charge is 2.00 e. The van der Waals surface area contributed by atoms with Crippen LogP contribution in [0.1, 0.15) is 13.8 Å². The first-order valence-corrected chi connectivity index (χ1v) is 4.04. The number of phosphoric acid groups is 1. The zero-order valence-corrected chi connectivity index (χ0v) is 8.10. The van der Waals surface area contributed by atoms with Gasteiger partial charge in [-0.2, -0.15) is 0 Å². The van der Waals surface area contributed by atoms with Gasteiger partial charge in [-0.3, -0.25) is 0 Å². The molecule has 0 saturated carbocycles. The van der Waals surface area contributed by atoms with E-state index >= 15 is 0 Å². The molecule has 0 heterocycles. The molecule has 0 aliphatic heterocycles. The molecular formula is C4H9O4PV. The molecule has 4 nitrogen and oxygen atoms in total. The molecule has 0 spiro atoms. The average molecular weight is 203 g/mol. The zero-order chi connectivity index (χ0) is 7.49. The van der Waals surface area contributed by atoms with E-state index in [0.717, 1.165) is 0 Å². The van der Waals surface area contributed by atoms with Gasteiger partial charge in [-0.05, 0) is 5.92 Å². The second-order valence-corrected chi connectivity index (χ2v) is 3.29. The summed E-state index contributed by atoms with van der Waals surface area (Å²) in [7, 11) is -4.72. The monoisotopic (exact) mass is 203 g/mol. The second kappa shape index (κ2) is 5.36. The Labute approximate surface area is 72.1 Å². The van der Waals surface area contributed by atoms with Crippen molar-refractivity contribution >= 4 is 7.82 Å². The van der Waals surface area contributed by atoms with Crippen LogP contribution in [-0.2, 0) is 27.6 Å². The second-order valence-electron chi connectivity index (χ2n) is 2.14. The standard InChI is InChI=1S/C4H11O4P.V/c1-4(2)3-8-9(5,6)7;/h4H,3H2,1-2H3,(H2,5,6,7);/q;+2/p-2. The van der Waals surface area contributed by atoms with Crippen LogP contribution in [-0.4, -0.2) is 6.61 Å². The summed E-state index contributed by atoms with van der Waals surface area (Å²) < 4.78 is 13.7. The summed E-state index contributed by atoms with van der Waals surface area (Å²) in [6.45, 7) is 3.50. The Morgan fingerprint density at radius 1 is 1.50 bits per heavy atom. The molecule has 10 heavy (non-hydrogen) atoms. The molecule has 0 aromatic heterocycles. The summed E-state index contributed by atoms with van der Waals surface area (Å²) in [6, 6.07) is 0. The van der Waals surface area contributed by atoms with E-state index in [2.05, 4.69) is 4.52 Å². The van der Waals surface area contributed by atoms with Gasteiger partial charge in [0.1, 0.15) is 0 Å². The van der Waals surface area contributed by atoms with Crippen molar-refractivity contribution in [3.8, 4) is 0 Å². The minimum absolute atomic E-state index is 0. The van der Waals surface area contributed by atoms with Crippen LogP contribution >= 0.6 is 7.82 Å². The van der Waals surface area contributed by atoms with E-state index in [1.807, 2.05) is 0 Å². The van der Waals surface area contributed by atoms with Crippen molar-refractivity contribution in [2.75, 3.05) is 6.61 Å². The Balaban J connectivity index is 0. The normalized spacial score (nSPS) is 11.3. The first-order valence-electron chi connectivity index (χ1n) is 2.58. The van der Waals surface area contributed by atoms with Gasteiger partial charge in [0, 0.05) is 0 Å². The van der Waals surface area contributed by atoms with Gasteiger partial charge in [0.25, 0.3) is 0 Å². The van der Waals surface area contributed by atoms with E-state index in [4.69, 9.17) is 0 Å². The SMILES string of the molecule is CC(C)COP(=O)([O-])[O-].[V+2]. The van der Waals surface area contributed by atoms with Crippen molar-refractivity contribution < 1.29 is 37.4 Å². The molecule has 0 unspecified atom stereocenters. The summed E-state index contributed by atoms with van der Waals surface area (Å²) in [5.41, 5.74) is 0. The Kier molecular flexibility index (Phi) is 7.12. The predicted octanol–water partition coefficient (Wildman–Crippen LogP) is -0.515. The Morgan fingerprint density at radius 2 is 1.90 bits per heavy atom. The van der Waals surface area contributed by atoms with Crippen LogP contribution in [0.15, 0.2) is 0 Å². The van der Waals surface area contributed by atoms with Crippen molar-refractivity contribution in [2.24, 2.45) is 5.92 Å². The van der Waals surface area contributed by atoms with Crippen LogP contribution in [0.3, 0.4) is 0 Å². The Morgan fingerprint density at radius 3 is 2.00 bits per heavy atom. The first-order chi connectivity index (χ1) is 3.92. The summed E-state index contributed by atoms with van der Waals surface area (Å²) >= 11 is 0. The molecule has 0 atom stereocenters. The van der Waals surface area contributed by atoms with Crippen LogP contribution in [0.2, 0.25) is 0 Å². The van der Waals surface area contributed by atoms with E-state index in [1.165, 1.54) is 0 Å². The van der Waals surface area contributed by atoms with Gasteiger partial charge in [0.05, 0.1) is 14.4 Å². The van der Waals surface area contributed by atoms with E-state index in [0.29, 0.717) is 0 Å². The third-order valence-electron chi connectivity index (χ3n) is 0.566. The maximum absolute atomic E-state index is 9.79. The van der Waals surface area contributed by atoms with Crippen LogP contribution in [0, 0.1) is 5.92 Å². The molecule has 0 aromatic carbocycles. The fraction of sp³-hybridized carbons (Fsp3) is 1.00. The van der Waals surface area contributed by atoms with Crippen molar-refractivity contribution in [1.82, 2.24) is 0 Å². The fourth-order valence-corrected chi connectivity index (χ4v) is 0.721. The first kappa shape index (κ1) is 13.3. The molecule has 0 aliphatic carbocycles. The van der Waals surface area contributed by atoms with Gasteiger partial charge in [0.2, 0.25) is 0 Å². The van der Waals surface area contributed by atoms with Gasteiger partial charge < -0.3 is 18.9 Å². The zero-order valence-electron chi connectivity index (χ0n) is 5.81. The Hall–Kier alpha value is 0.694. The predicted molar refractivity (Wildman–Crippen MR) is 28.4 cm³/mol. The number of phosphoric ester groups is 1. The van der Waals surface area contributed by atoms with Crippen LogP contribution < -0.4 is 9.79 Å². The number of rotatable bonds is 3. The van der Waals surface area contributed by atoms with Gasteiger partial charge in [-0.15, -0.1) is 0 Å². The van der Waals surface area contributed by atoms with Gasteiger partial charge in [-0.25, -0.2) is 0 Å². The maximum atomic E-state index is 9.79. The quantitative estimate of drug-likeness (QED) is 0.578. The molecule has 0 saturated heterocycles. The summed E-state index contributed by atoms with van der Waals surface area (Å²) in [5, 5.41) is 0. The molecule has 6 heteroatoms. The molecule has 0 aromatic rings. The topological polar surface area (TPSA) is 72.4 Å².